The first-order valence-electron chi connectivity index (χ1n) is 16.6. The molecule has 0 spiro atoms. The van der Waals surface area contributed by atoms with E-state index in [2.05, 4.69) is 10.2 Å². The minimum absolute atomic E-state index is 0.000209. The Hall–Kier alpha value is -3.77. The number of fused-ring (bicyclic) bond motifs is 1. The molecule has 0 bridgehead atoms. The van der Waals surface area contributed by atoms with E-state index in [1.807, 2.05) is 29.2 Å². The molecule has 11 nitrogen and oxygen atoms in total. The van der Waals surface area contributed by atoms with Gasteiger partial charge in [0.2, 0.25) is 0 Å². The molecule has 3 N–H and O–H groups in total. The second-order valence-corrected chi connectivity index (χ2v) is 13.0. The average molecular weight is 630 g/mol. The standard InChI is InChI=1S/C34H44BN5O6/c35-28-21-23(5-6-30(28)42)22-31(32(43)38-14-8-25(9-15-38)37-18-12-27(41)13-19-37)46-34(45)39-16-10-26(11-17-39)40-20-7-24-3-1-2-4-29(24)36-33(40)44/h1-6,21,25-27,31,41-42H,7-20,22H2,(H,36,44)/t31-/m1/s1. The summed E-state index contributed by atoms with van der Waals surface area (Å²) in [6.45, 7) is 4.33. The number of rotatable bonds is 6. The van der Waals surface area contributed by atoms with E-state index in [0.717, 1.165) is 56.4 Å². The number of amides is 4. The first-order valence-corrected chi connectivity index (χ1v) is 16.6. The van der Waals surface area contributed by atoms with Crippen molar-refractivity contribution in [3.8, 4) is 5.75 Å². The first-order chi connectivity index (χ1) is 22.2. The molecule has 2 aromatic rings. The summed E-state index contributed by atoms with van der Waals surface area (Å²) >= 11 is 0. The predicted octanol–water partition coefficient (Wildman–Crippen LogP) is 2.24. The van der Waals surface area contributed by atoms with E-state index in [1.54, 1.807) is 21.9 Å². The van der Waals surface area contributed by atoms with Crippen molar-refractivity contribution in [1.29, 1.82) is 0 Å². The van der Waals surface area contributed by atoms with E-state index in [1.165, 1.54) is 6.07 Å². The molecule has 46 heavy (non-hydrogen) atoms. The van der Waals surface area contributed by atoms with Crippen molar-refractivity contribution in [2.24, 2.45) is 0 Å². The quantitative estimate of drug-likeness (QED) is 0.419. The number of aliphatic hydroxyl groups excluding tert-OH is 1. The fourth-order valence-corrected chi connectivity index (χ4v) is 7.32. The van der Waals surface area contributed by atoms with Gasteiger partial charge in [-0.15, -0.1) is 0 Å². The van der Waals surface area contributed by atoms with Gasteiger partial charge in [-0.05, 0) is 68.2 Å². The summed E-state index contributed by atoms with van der Waals surface area (Å²) in [5.74, 6) is -0.274. The molecule has 0 aromatic heterocycles. The number of para-hydroxylation sites is 1. The number of benzene rings is 2. The molecule has 6 rings (SSSR count). The molecule has 3 fully saturated rings. The molecule has 244 valence electrons. The number of nitrogens with one attached hydrogen (secondary N) is 1. The molecule has 12 heteroatoms. The maximum Gasteiger partial charge on any atom is 0.410 e. The molecule has 0 saturated carbocycles. The van der Waals surface area contributed by atoms with Crippen LogP contribution in [0.2, 0.25) is 0 Å². The topological polar surface area (TPSA) is 126 Å². The molecule has 0 aliphatic carbocycles. The number of hydrogen-bond donors (Lipinski definition) is 3. The average Bonchev–Trinajstić information content (AvgIpc) is 3.24. The largest absolute Gasteiger partial charge is 0.509 e. The molecule has 2 aromatic carbocycles. The fraction of sp³-hybridized carbons (Fsp3) is 0.559. The van der Waals surface area contributed by atoms with Crippen LogP contribution in [0.5, 0.6) is 5.75 Å². The van der Waals surface area contributed by atoms with Crippen molar-refractivity contribution >= 4 is 37.0 Å². The Morgan fingerprint density at radius 1 is 0.891 bits per heavy atom. The highest BCUT2D eigenvalue weighted by atomic mass is 16.6. The van der Waals surface area contributed by atoms with Crippen LogP contribution in [0.4, 0.5) is 15.3 Å². The molecular weight excluding hydrogens is 585 g/mol. The van der Waals surface area contributed by atoms with Crippen molar-refractivity contribution in [2.75, 3.05) is 51.1 Å². The van der Waals surface area contributed by atoms with Crippen LogP contribution < -0.4 is 10.8 Å². The molecule has 4 amide bonds. The second-order valence-electron chi connectivity index (χ2n) is 13.0. The number of nitrogens with zero attached hydrogens (tertiary/aromatic N) is 4. The van der Waals surface area contributed by atoms with E-state index in [-0.39, 0.29) is 41.7 Å². The fourth-order valence-electron chi connectivity index (χ4n) is 7.32. The molecule has 1 atom stereocenters. The van der Waals surface area contributed by atoms with E-state index >= 15 is 0 Å². The monoisotopic (exact) mass is 629 g/mol. The van der Waals surface area contributed by atoms with Crippen LogP contribution in [-0.2, 0) is 22.4 Å². The number of ether oxygens (including phenoxy) is 1. The molecule has 2 radical (unpaired) electrons. The van der Waals surface area contributed by atoms with Gasteiger partial charge in [0, 0.05) is 70.0 Å². The maximum atomic E-state index is 13.9. The molecular formula is C34H44BN5O6. The third-order valence-electron chi connectivity index (χ3n) is 10.1. The zero-order valence-corrected chi connectivity index (χ0v) is 26.4. The Balaban J connectivity index is 1.07. The van der Waals surface area contributed by atoms with Crippen molar-refractivity contribution in [3.05, 3.63) is 53.6 Å². The van der Waals surface area contributed by atoms with Gasteiger partial charge >= 0.3 is 12.1 Å². The Morgan fingerprint density at radius 3 is 2.28 bits per heavy atom. The van der Waals surface area contributed by atoms with E-state index in [9.17, 15) is 24.6 Å². The van der Waals surface area contributed by atoms with Crippen molar-refractivity contribution in [1.82, 2.24) is 19.6 Å². The highest BCUT2D eigenvalue weighted by Gasteiger charge is 2.36. The normalized spacial score (nSPS) is 21.3. The highest BCUT2D eigenvalue weighted by Crippen LogP contribution is 2.26. The van der Waals surface area contributed by atoms with E-state index < -0.39 is 12.2 Å². The summed E-state index contributed by atoms with van der Waals surface area (Å²) in [5.41, 5.74) is 2.85. The number of likely N-dealkylation sites (tertiary alicyclic amines) is 3. The van der Waals surface area contributed by atoms with Gasteiger partial charge in [0.1, 0.15) is 13.6 Å². The van der Waals surface area contributed by atoms with Crippen LogP contribution in [0.15, 0.2) is 42.5 Å². The Kier molecular flexibility index (Phi) is 10.0. The zero-order chi connectivity index (χ0) is 32.2. The second kappa shape index (κ2) is 14.3. The zero-order valence-electron chi connectivity index (χ0n) is 26.4. The molecule has 4 heterocycles. The maximum absolute atomic E-state index is 13.9. The Bertz CT molecular complexity index is 1400. The number of carbonyl (C=O) groups excluding carboxylic acids is 3. The van der Waals surface area contributed by atoms with Gasteiger partial charge in [0.05, 0.1) is 6.10 Å². The smallest absolute Gasteiger partial charge is 0.410 e. The number of aromatic hydroxyl groups is 1. The first kappa shape index (κ1) is 32.2. The summed E-state index contributed by atoms with van der Waals surface area (Å²) in [5, 5.41) is 22.8. The van der Waals surface area contributed by atoms with Gasteiger partial charge in [0.25, 0.3) is 5.91 Å². The minimum atomic E-state index is -1.04. The van der Waals surface area contributed by atoms with E-state index in [4.69, 9.17) is 12.6 Å². The lowest BCUT2D eigenvalue weighted by Crippen LogP contribution is -2.53. The van der Waals surface area contributed by atoms with Crippen LogP contribution in [0, 0.1) is 0 Å². The van der Waals surface area contributed by atoms with Gasteiger partial charge in [0.15, 0.2) is 6.10 Å². The van der Waals surface area contributed by atoms with Gasteiger partial charge in [-0.2, -0.15) is 0 Å². The van der Waals surface area contributed by atoms with Gasteiger partial charge in [-0.3, -0.25) is 4.79 Å². The van der Waals surface area contributed by atoms with Gasteiger partial charge in [-0.1, -0.05) is 35.8 Å². The summed E-state index contributed by atoms with van der Waals surface area (Å²) in [4.78, 5) is 48.1. The number of urea groups is 1. The molecule has 4 aliphatic heterocycles. The van der Waals surface area contributed by atoms with Crippen LogP contribution >= 0.6 is 0 Å². The predicted molar refractivity (Wildman–Crippen MR) is 174 cm³/mol. The molecule has 0 unspecified atom stereocenters. The number of carbonyl (C=O) groups is 3. The lowest BCUT2D eigenvalue weighted by Gasteiger charge is -2.41. The lowest BCUT2D eigenvalue weighted by atomic mass is 9.91. The van der Waals surface area contributed by atoms with Crippen molar-refractivity contribution in [2.45, 2.75) is 75.7 Å². The Morgan fingerprint density at radius 2 is 1.57 bits per heavy atom. The summed E-state index contributed by atoms with van der Waals surface area (Å²) in [6, 6.07) is 12.9. The summed E-state index contributed by atoms with van der Waals surface area (Å²) < 4.78 is 5.96. The van der Waals surface area contributed by atoms with Crippen LogP contribution in [-0.4, -0.2) is 126 Å². The number of anilines is 1. The van der Waals surface area contributed by atoms with Gasteiger partial charge in [-0.25, -0.2) is 9.59 Å². The van der Waals surface area contributed by atoms with Crippen molar-refractivity contribution < 1.29 is 29.3 Å². The van der Waals surface area contributed by atoms with Crippen LogP contribution in [0.25, 0.3) is 0 Å². The number of hydrogen-bond acceptors (Lipinski definition) is 7. The molecule has 4 aliphatic rings. The number of piperidine rings is 3. The summed E-state index contributed by atoms with van der Waals surface area (Å²) in [6.07, 6.45) is 3.57. The minimum Gasteiger partial charge on any atom is -0.509 e. The third-order valence-corrected chi connectivity index (χ3v) is 10.1. The number of phenols is 1. The van der Waals surface area contributed by atoms with Crippen LogP contribution in [0.1, 0.15) is 49.7 Å². The van der Waals surface area contributed by atoms with E-state index in [0.29, 0.717) is 57.2 Å². The third kappa shape index (κ3) is 7.44. The SMILES string of the molecule is [B]c1cc(C[C@@H](OC(=O)N2CCC(N3CCc4ccccc4NC3=O)CC2)C(=O)N2CCC(N3CCC(O)CC3)CC2)ccc1O. The van der Waals surface area contributed by atoms with Gasteiger partial charge < -0.3 is 39.9 Å². The molecule has 3 saturated heterocycles. The summed E-state index contributed by atoms with van der Waals surface area (Å²) in [7, 11) is 5.93. The lowest BCUT2D eigenvalue weighted by molar-refractivity contribution is -0.142. The van der Waals surface area contributed by atoms with Crippen LogP contribution in [0.3, 0.4) is 0 Å². The number of aliphatic hydroxyl groups is 1. The Labute approximate surface area is 271 Å². The number of phenolic OH excluding ortho intramolecular Hbond substituents is 1. The van der Waals surface area contributed by atoms with Crippen molar-refractivity contribution in [3.63, 3.8) is 0 Å². The highest BCUT2D eigenvalue weighted by molar-refractivity contribution is 6.34.